The Balaban J connectivity index is 2.55. The van der Waals surface area contributed by atoms with E-state index in [0.29, 0.717) is 11.5 Å². The summed E-state index contributed by atoms with van der Waals surface area (Å²) in [6, 6.07) is 7.96. The molecule has 17 heavy (non-hydrogen) atoms. The van der Waals surface area contributed by atoms with Crippen molar-refractivity contribution in [1.82, 2.24) is 4.98 Å². The molecule has 1 aromatic heterocycles. The second-order valence-electron chi connectivity index (χ2n) is 4.42. The fourth-order valence-electron chi connectivity index (χ4n) is 1.90. The second kappa shape index (κ2) is 4.42. The molecule has 0 unspecified atom stereocenters. The number of H-pyrrole nitrogens is 1. The van der Waals surface area contributed by atoms with Crippen molar-refractivity contribution in [3.05, 3.63) is 35.5 Å². The SMILES string of the molecule is CC(C)c1ccc2[nH]cc(C(=O)CC#N)c2c1. The molecular formula is C14H14N2O. The summed E-state index contributed by atoms with van der Waals surface area (Å²) in [5.41, 5.74) is 2.75. The molecule has 1 N–H and O–H groups in total. The monoisotopic (exact) mass is 226 g/mol. The predicted molar refractivity (Wildman–Crippen MR) is 66.9 cm³/mol. The summed E-state index contributed by atoms with van der Waals surface area (Å²) < 4.78 is 0. The van der Waals surface area contributed by atoms with E-state index in [2.05, 4.69) is 24.9 Å². The predicted octanol–water partition coefficient (Wildman–Crippen LogP) is 3.39. The molecule has 0 aliphatic carbocycles. The number of nitrogens with zero attached hydrogens (tertiary/aromatic N) is 1. The van der Waals surface area contributed by atoms with Crippen molar-refractivity contribution in [2.45, 2.75) is 26.2 Å². The topological polar surface area (TPSA) is 56.6 Å². The zero-order chi connectivity index (χ0) is 12.4. The summed E-state index contributed by atoms with van der Waals surface area (Å²) in [6.45, 7) is 4.23. The van der Waals surface area contributed by atoms with E-state index in [1.807, 2.05) is 18.2 Å². The highest BCUT2D eigenvalue weighted by atomic mass is 16.1. The molecule has 0 aliphatic rings. The lowest BCUT2D eigenvalue weighted by Crippen LogP contribution is -1.96. The van der Waals surface area contributed by atoms with Crippen LogP contribution in [0.1, 0.15) is 42.1 Å². The van der Waals surface area contributed by atoms with Crippen molar-refractivity contribution in [3.63, 3.8) is 0 Å². The molecule has 0 fully saturated rings. The highest BCUT2D eigenvalue weighted by molar-refractivity contribution is 6.08. The first-order chi connectivity index (χ1) is 8.13. The number of fused-ring (bicyclic) bond motifs is 1. The quantitative estimate of drug-likeness (QED) is 0.815. The van der Waals surface area contributed by atoms with Gasteiger partial charge in [-0.2, -0.15) is 5.26 Å². The van der Waals surface area contributed by atoms with Crippen LogP contribution < -0.4 is 0 Å². The Morgan fingerprint density at radius 1 is 1.47 bits per heavy atom. The average Bonchev–Trinajstić information content (AvgIpc) is 2.71. The summed E-state index contributed by atoms with van der Waals surface area (Å²) in [4.78, 5) is 14.8. The van der Waals surface area contributed by atoms with E-state index >= 15 is 0 Å². The lowest BCUT2D eigenvalue weighted by molar-refractivity contribution is 0.0999. The highest BCUT2D eigenvalue weighted by Crippen LogP contribution is 2.24. The van der Waals surface area contributed by atoms with Gasteiger partial charge in [-0.15, -0.1) is 0 Å². The zero-order valence-corrected chi connectivity index (χ0v) is 9.95. The fourth-order valence-corrected chi connectivity index (χ4v) is 1.90. The van der Waals surface area contributed by atoms with Gasteiger partial charge in [-0.05, 0) is 23.6 Å². The van der Waals surface area contributed by atoms with Crippen LogP contribution in [0.3, 0.4) is 0 Å². The molecule has 0 aliphatic heterocycles. The third-order valence-electron chi connectivity index (χ3n) is 2.91. The summed E-state index contributed by atoms with van der Waals surface area (Å²) in [7, 11) is 0. The van der Waals surface area contributed by atoms with Crippen molar-refractivity contribution in [2.75, 3.05) is 0 Å². The molecule has 2 rings (SSSR count). The first kappa shape index (κ1) is 11.4. The van der Waals surface area contributed by atoms with Gasteiger partial charge in [0.1, 0.15) is 0 Å². The third kappa shape index (κ3) is 2.07. The van der Waals surface area contributed by atoms with Crippen molar-refractivity contribution in [1.29, 1.82) is 5.26 Å². The van der Waals surface area contributed by atoms with Crippen LogP contribution in [0.4, 0.5) is 0 Å². The maximum Gasteiger partial charge on any atom is 0.179 e. The maximum absolute atomic E-state index is 11.8. The molecule has 3 heteroatoms. The minimum atomic E-state index is -0.125. The summed E-state index contributed by atoms with van der Waals surface area (Å²) in [6.07, 6.45) is 1.62. The molecule has 1 aromatic carbocycles. The van der Waals surface area contributed by atoms with Crippen LogP contribution in [0.2, 0.25) is 0 Å². The van der Waals surface area contributed by atoms with E-state index < -0.39 is 0 Å². The van der Waals surface area contributed by atoms with Gasteiger partial charge in [0, 0.05) is 22.7 Å². The Bertz CT molecular complexity index is 602. The Kier molecular flexibility index (Phi) is 2.97. The van der Waals surface area contributed by atoms with Crippen molar-refractivity contribution in [3.8, 4) is 6.07 Å². The number of rotatable bonds is 3. The number of hydrogen-bond donors (Lipinski definition) is 1. The molecule has 0 atom stereocenters. The number of carbonyl (C=O) groups excluding carboxylic acids is 1. The lowest BCUT2D eigenvalue weighted by Gasteiger charge is -2.05. The Morgan fingerprint density at radius 2 is 2.24 bits per heavy atom. The largest absolute Gasteiger partial charge is 0.360 e. The number of ketones is 1. The number of benzene rings is 1. The van der Waals surface area contributed by atoms with Crippen LogP contribution in [0.25, 0.3) is 10.9 Å². The maximum atomic E-state index is 11.8. The normalized spacial score (nSPS) is 10.7. The minimum Gasteiger partial charge on any atom is -0.360 e. The average molecular weight is 226 g/mol. The van der Waals surface area contributed by atoms with E-state index in [9.17, 15) is 4.79 Å². The molecule has 2 aromatic rings. The smallest absolute Gasteiger partial charge is 0.179 e. The number of nitriles is 1. The van der Waals surface area contributed by atoms with Gasteiger partial charge in [0.15, 0.2) is 5.78 Å². The van der Waals surface area contributed by atoms with E-state index in [-0.39, 0.29) is 12.2 Å². The molecule has 0 bridgehead atoms. The number of nitrogens with one attached hydrogen (secondary N) is 1. The first-order valence-corrected chi connectivity index (χ1v) is 5.64. The number of hydrogen-bond acceptors (Lipinski definition) is 2. The van der Waals surface area contributed by atoms with Gasteiger partial charge < -0.3 is 4.98 Å². The summed E-state index contributed by atoms with van der Waals surface area (Å²) >= 11 is 0. The van der Waals surface area contributed by atoms with Gasteiger partial charge in [0.05, 0.1) is 12.5 Å². The molecule has 1 heterocycles. The van der Waals surface area contributed by atoms with Crippen LogP contribution in [0.5, 0.6) is 0 Å². The van der Waals surface area contributed by atoms with Crippen LogP contribution >= 0.6 is 0 Å². The van der Waals surface area contributed by atoms with Crippen LogP contribution in [0.15, 0.2) is 24.4 Å². The molecule has 3 nitrogen and oxygen atoms in total. The Hall–Kier alpha value is -2.08. The molecule has 0 saturated carbocycles. The fraction of sp³-hybridized carbons (Fsp3) is 0.286. The second-order valence-corrected chi connectivity index (χ2v) is 4.42. The van der Waals surface area contributed by atoms with Gasteiger partial charge in [0.25, 0.3) is 0 Å². The van der Waals surface area contributed by atoms with Crippen molar-refractivity contribution >= 4 is 16.7 Å². The molecular weight excluding hydrogens is 212 g/mol. The van der Waals surface area contributed by atoms with E-state index in [1.165, 1.54) is 5.56 Å². The first-order valence-electron chi connectivity index (χ1n) is 5.64. The molecule has 0 spiro atoms. The summed E-state index contributed by atoms with van der Waals surface area (Å²) in [5.74, 6) is 0.299. The Morgan fingerprint density at radius 3 is 2.88 bits per heavy atom. The summed E-state index contributed by atoms with van der Waals surface area (Å²) in [5, 5.41) is 9.48. The Labute approximate surface area is 100 Å². The van der Waals surface area contributed by atoms with Gasteiger partial charge in [-0.3, -0.25) is 4.79 Å². The number of aromatic amines is 1. The van der Waals surface area contributed by atoms with Crippen LogP contribution in [-0.4, -0.2) is 10.8 Å². The minimum absolute atomic E-state index is 0.0706. The standard InChI is InChI=1S/C14H14N2O/c1-9(2)10-3-4-13-11(7-10)12(8-16-13)14(17)5-6-15/h3-4,7-9,16H,5H2,1-2H3. The molecule has 0 saturated heterocycles. The van der Waals surface area contributed by atoms with E-state index in [4.69, 9.17) is 5.26 Å². The van der Waals surface area contributed by atoms with Crippen LogP contribution in [-0.2, 0) is 0 Å². The number of Topliss-reactive ketones (excluding diaryl/α,β-unsaturated/α-hetero) is 1. The molecule has 0 radical (unpaired) electrons. The molecule has 86 valence electrons. The van der Waals surface area contributed by atoms with Gasteiger partial charge in [-0.1, -0.05) is 19.9 Å². The third-order valence-corrected chi connectivity index (χ3v) is 2.91. The van der Waals surface area contributed by atoms with E-state index in [0.717, 1.165) is 10.9 Å². The van der Waals surface area contributed by atoms with Crippen molar-refractivity contribution in [2.24, 2.45) is 0 Å². The number of aromatic nitrogens is 1. The van der Waals surface area contributed by atoms with E-state index in [1.54, 1.807) is 6.20 Å². The van der Waals surface area contributed by atoms with Crippen molar-refractivity contribution < 1.29 is 4.79 Å². The zero-order valence-electron chi connectivity index (χ0n) is 9.95. The lowest BCUT2D eigenvalue weighted by atomic mass is 9.99. The number of carbonyl (C=O) groups is 1. The van der Waals surface area contributed by atoms with Crippen LogP contribution in [0, 0.1) is 11.3 Å². The molecule has 0 amide bonds. The van der Waals surface area contributed by atoms with Gasteiger partial charge in [-0.25, -0.2) is 0 Å². The van der Waals surface area contributed by atoms with Gasteiger partial charge in [0.2, 0.25) is 0 Å². The van der Waals surface area contributed by atoms with Gasteiger partial charge >= 0.3 is 0 Å². The highest BCUT2D eigenvalue weighted by Gasteiger charge is 2.12.